The number of carbonyl (C=O) groups is 1. The third-order valence-corrected chi connectivity index (χ3v) is 3.68. The number of nitrogens with zero attached hydrogens (tertiary/aromatic N) is 1. The Kier molecular flexibility index (Phi) is 4.14. The third-order valence-electron chi connectivity index (χ3n) is 3.01. The molecule has 1 aromatic heterocycles. The van der Waals surface area contributed by atoms with Gasteiger partial charge >= 0.3 is 0 Å². The Morgan fingerprint density at radius 1 is 1.56 bits per heavy atom. The van der Waals surface area contributed by atoms with Gasteiger partial charge in [0, 0.05) is 10.5 Å². The molecule has 0 bridgehead atoms. The zero-order valence-electron chi connectivity index (χ0n) is 9.97. The van der Waals surface area contributed by atoms with Crippen molar-refractivity contribution in [3.8, 4) is 5.88 Å². The van der Waals surface area contributed by atoms with Crippen molar-refractivity contribution < 1.29 is 14.6 Å². The predicted octanol–water partition coefficient (Wildman–Crippen LogP) is 2.42. The van der Waals surface area contributed by atoms with Gasteiger partial charge in [-0.2, -0.15) is 0 Å². The Labute approximate surface area is 114 Å². The highest BCUT2D eigenvalue weighted by Crippen LogP contribution is 2.33. The van der Waals surface area contributed by atoms with Gasteiger partial charge in [-0.25, -0.2) is 4.98 Å². The molecule has 1 N–H and O–H groups in total. The van der Waals surface area contributed by atoms with Gasteiger partial charge in [0.2, 0.25) is 5.88 Å². The van der Waals surface area contributed by atoms with E-state index in [9.17, 15) is 9.90 Å². The fraction of sp³-hybridized carbons (Fsp3) is 0.385. The van der Waals surface area contributed by atoms with Crippen molar-refractivity contribution in [2.45, 2.75) is 18.9 Å². The number of carbonyl (C=O) groups excluding carboxylic acids is 1. The zero-order valence-corrected chi connectivity index (χ0v) is 11.6. The number of allylic oxidation sites excluding steroid dienone is 2. The van der Waals surface area contributed by atoms with E-state index in [1.165, 1.54) is 13.2 Å². The first kappa shape index (κ1) is 13.2. The maximum absolute atomic E-state index is 11.8. The fourth-order valence-corrected chi connectivity index (χ4v) is 2.46. The monoisotopic (exact) mass is 311 g/mol. The van der Waals surface area contributed by atoms with Gasteiger partial charge in [0.25, 0.3) is 0 Å². The molecule has 1 unspecified atom stereocenters. The molecular formula is C13H14BrNO3. The van der Waals surface area contributed by atoms with E-state index in [2.05, 4.69) is 20.9 Å². The SMILES string of the molecule is COc1ccc(Br)c(C(O)[C@H]2CCC=CC2=O)n1. The molecule has 0 radical (unpaired) electrons. The van der Waals surface area contributed by atoms with Crippen molar-refractivity contribution >= 4 is 21.7 Å². The molecule has 0 aliphatic heterocycles. The molecule has 0 fully saturated rings. The predicted molar refractivity (Wildman–Crippen MR) is 70.3 cm³/mol. The molecule has 0 aromatic carbocycles. The lowest BCUT2D eigenvalue weighted by atomic mass is 9.87. The van der Waals surface area contributed by atoms with Gasteiger partial charge in [-0.05, 0) is 40.9 Å². The van der Waals surface area contributed by atoms with Gasteiger partial charge in [-0.15, -0.1) is 0 Å². The summed E-state index contributed by atoms with van der Waals surface area (Å²) in [4.78, 5) is 16.0. The van der Waals surface area contributed by atoms with Gasteiger partial charge in [0.15, 0.2) is 5.78 Å². The molecule has 1 heterocycles. The number of halogens is 1. The van der Waals surface area contributed by atoms with Crippen molar-refractivity contribution in [1.82, 2.24) is 4.98 Å². The van der Waals surface area contributed by atoms with Crippen LogP contribution in [0.2, 0.25) is 0 Å². The van der Waals surface area contributed by atoms with Crippen LogP contribution >= 0.6 is 15.9 Å². The fourth-order valence-electron chi connectivity index (χ4n) is 2.01. The van der Waals surface area contributed by atoms with Crippen LogP contribution in [0.15, 0.2) is 28.8 Å². The first-order chi connectivity index (χ1) is 8.63. The number of ketones is 1. The normalized spacial score (nSPS) is 20.8. The maximum Gasteiger partial charge on any atom is 0.213 e. The molecule has 2 rings (SSSR count). The summed E-state index contributed by atoms with van der Waals surface area (Å²) >= 11 is 3.34. The van der Waals surface area contributed by atoms with E-state index in [0.717, 1.165) is 6.42 Å². The molecule has 1 aliphatic rings. The smallest absolute Gasteiger partial charge is 0.213 e. The lowest BCUT2D eigenvalue weighted by Crippen LogP contribution is -2.24. The summed E-state index contributed by atoms with van der Waals surface area (Å²) in [6.45, 7) is 0. The molecule has 0 spiro atoms. The van der Waals surface area contributed by atoms with Crippen molar-refractivity contribution in [3.05, 3.63) is 34.5 Å². The Morgan fingerprint density at radius 3 is 3.00 bits per heavy atom. The minimum absolute atomic E-state index is 0.0507. The molecule has 5 heteroatoms. The Bertz CT molecular complexity index is 487. The van der Waals surface area contributed by atoms with Crippen LogP contribution in [0.1, 0.15) is 24.6 Å². The number of rotatable bonds is 3. The van der Waals surface area contributed by atoms with E-state index >= 15 is 0 Å². The van der Waals surface area contributed by atoms with Gasteiger partial charge < -0.3 is 9.84 Å². The average Bonchev–Trinajstić information content (AvgIpc) is 2.39. The summed E-state index contributed by atoms with van der Waals surface area (Å²) in [5.41, 5.74) is 0.447. The lowest BCUT2D eigenvalue weighted by Gasteiger charge is -2.23. The molecule has 4 nitrogen and oxygen atoms in total. The van der Waals surface area contributed by atoms with Crippen molar-refractivity contribution in [1.29, 1.82) is 0 Å². The molecule has 1 aromatic rings. The van der Waals surface area contributed by atoms with Crippen LogP contribution in [0.3, 0.4) is 0 Å². The van der Waals surface area contributed by atoms with Gasteiger partial charge in [0.1, 0.15) is 6.10 Å². The highest BCUT2D eigenvalue weighted by Gasteiger charge is 2.30. The molecule has 1 aliphatic carbocycles. The quantitative estimate of drug-likeness (QED) is 0.931. The topological polar surface area (TPSA) is 59.4 Å². The molecule has 0 amide bonds. The summed E-state index contributed by atoms with van der Waals surface area (Å²) < 4.78 is 5.71. The average molecular weight is 312 g/mol. The van der Waals surface area contributed by atoms with E-state index in [0.29, 0.717) is 22.5 Å². The minimum atomic E-state index is -0.910. The summed E-state index contributed by atoms with van der Waals surface area (Å²) in [7, 11) is 1.51. The first-order valence-electron chi connectivity index (χ1n) is 5.72. The van der Waals surface area contributed by atoms with E-state index in [-0.39, 0.29) is 5.78 Å². The van der Waals surface area contributed by atoms with Crippen LogP contribution < -0.4 is 4.74 Å². The van der Waals surface area contributed by atoms with Crippen LogP contribution in [0.25, 0.3) is 0 Å². The minimum Gasteiger partial charge on any atom is -0.481 e. The van der Waals surface area contributed by atoms with Gasteiger partial charge in [-0.3, -0.25) is 4.79 Å². The number of ether oxygens (including phenoxy) is 1. The molecular weight excluding hydrogens is 298 g/mol. The second kappa shape index (κ2) is 5.63. The van der Waals surface area contributed by atoms with Gasteiger partial charge in [0.05, 0.1) is 18.7 Å². The Balaban J connectivity index is 2.30. The van der Waals surface area contributed by atoms with Crippen molar-refractivity contribution in [3.63, 3.8) is 0 Å². The Morgan fingerprint density at radius 2 is 2.33 bits per heavy atom. The summed E-state index contributed by atoms with van der Waals surface area (Å²) in [5, 5.41) is 10.3. The second-order valence-electron chi connectivity index (χ2n) is 4.15. The summed E-state index contributed by atoms with van der Waals surface area (Å²) in [6, 6.07) is 3.45. The molecule has 2 atom stereocenters. The maximum atomic E-state index is 11.8. The van der Waals surface area contributed by atoms with Crippen molar-refractivity contribution in [2.24, 2.45) is 5.92 Å². The van der Waals surface area contributed by atoms with Crippen LogP contribution in [0, 0.1) is 5.92 Å². The van der Waals surface area contributed by atoms with Crippen LogP contribution in [0.4, 0.5) is 0 Å². The highest BCUT2D eigenvalue weighted by molar-refractivity contribution is 9.10. The van der Waals surface area contributed by atoms with Gasteiger partial charge in [-0.1, -0.05) is 6.08 Å². The second-order valence-corrected chi connectivity index (χ2v) is 5.01. The van der Waals surface area contributed by atoms with E-state index in [1.54, 1.807) is 12.1 Å². The van der Waals surface area contributed by atoms with E-state index < -0.39 is 12.0 Å². The van der Waals surface area contributed by atoms with Crippen LogP contribution in [-0.4, -0.2) is 23.0 Å². The number of aliphatic hydroxyl groups excluding tert-OH is 1. The first-order valence-corrected chi connectivity index (χ1v) is 6.51. The van der Waals surface area contributed by atoms with E-state index in [4.69, 9.17) is 4.74 Å². The molecule has 96 valence electrons. The largest absolute Gasteiger partial charge is 0.481 e. The number of aliphatic hydroxyl groups is 1. The molecule has 0 saturated heterocycles. The standard InChI is InChI=1S/C13H14BrNO3/c1-18-11-7-6-9(14)12(15-11)13(17)8-4-2-3-5-10(8)16/h3,5-8,13,17H,2,4H2,1H3/t8-,13?/m0/s1. The lowest BCUT2D eigenvalue weighted by molar-refractivity contribution is -0.122. The number of aromatic nitrogens is 1. The number of methoxy groups -OCH3 is 1. The number of pyridine rings is 1. The number of hydrogen-bond donors (Lipinski definition) is 1. The van der Waals surface area contributed by atoms with Crippen LogP contribution in [0.5, 0.6) is 5.88 Å². The highest BCUT2D eigenvalue weighted by atomic mass is 79.9. The Hall–Kier alpha value is -1.20. The molecule has 18 heavy (non-hydrogen) atoms. The molecule has 0 saturated carbocycles. The van der Waals surface area contributed by atoms with E-state index in [1.807, 2.05) is 6.08 Å². The summed E-state index contributed by atoms with van der Waals surface area (Å²) in [5.74, 6) is -0.0535. The third kappa shape index (κ3) is 2.62. The van der Waals surface area contributed by atoms with Crippen LogP contribution in [-0.2, 0) is 4.79 Å². The summed E-state index contributed by atoms with van der Waals surface area (Å²) in [6.07, 6.45) is 3.90. The van der Waals surface area contributed by atoms with Crippen molar-refractivity contribution in [2.75, 3.05) is 7.11 Å². The zero-order chi connectivity index (χ0) is 13.1. The number of hydrogen-bond acceptors (Lipinski definition) is 4.